The highest BCUT2D eigenvalue weighted by atomic mass is 15.2. The van der Waals surface area contributed by atoms with Crippen LogP contribution in [-0.2, 0) is 18.5 Å². The zero-order chi connectivity index (χ0) is 44.5. The van der Waals surface area contributed by atoms with Crippen molar-refractivity contribution in [3.05, 3.63) is 238 Å². The highest BCUT2D eigenvalue weighted by Gasteiger charge is 2.35. The number of nitrogens with zero attached hydrogens (tertiary/aromatic N) is 4. The molecule has 1 aliphatic carbocycles. The summed E-state index contributed by atoms with van der Waals surface area (Å²) in [5.41, 5.74) is 16.7. The van der Waals surface area contributed by atoms with Gasteiger partial charge in [-0.2, -0.15) is 0 Å². The summed E-state index contributed by atoms with van der Waals surface area (Å²) in [6.45, 7) is 26.5. The summed E-state index contributed by atoms with van der Waals surface area (Å²) in [7, 11) is 2.09. The first-order chi connectivity index (χ1) is 30.6. The lowest BCUT2D eigenvalue weighted by Gasteiger charge is -2.25. The third kappa shape index (κ3) is 9.23. The monoisotopic (exact) mass is 822 g/mol. The summed E-state index contributed by atoms with van der Waals surface area (Å²) < 4.78 is 2.34. The summed E-state index contributed by atoms with van der Waals surface area (Å²) in [6.07, 6.45) is 10.1. The molecule has 0 spiro atoms. The van der Waals surface area contributed by atoms with Crippen molar-refractivity contribution in [3.8, 4) is 27.9 Å². The Morgan fingerprint density at radius 1 is 0.746 bits per heavy atom. The molecule has 1 atom stereocenters. The van der Waals surface area contributed by atoms with Crippen molar-refractivity contribution in [1.82, 2.24) is 9.47 Å². The fraction of sp³-hybridized carbons (Fsp3) is 0.153. The van der Waals surface area contributed by atoms with E-state index in [1.807, 2.05) is 49.4 Å². The van der Waals surface area contributed by atoms with E-state index in [4.69, 9.17) is 0 Å². The molecule has 0 amide bonds. The molecular formula is C59H58N4. The van der Waals surface area contributed by atoms with E-state index in [0.29, 0.717) is 0 Å². The van der Waals surface area contributed by atoms with Crippen molar-refractivity contribution in [2.24, 2.45) is 9.98 Å². The molecule has 0 saturated heterocycles. The van der Waals surface area contributed by atoms with E-state index in [9.17, 15) is 0 Å². The molecule has 0 radical (unpaired) electrons. The van der Waals surface area contributed by atoms with Gasteiger partial charge in [-0.25, -0.2) is 0 Å². The van der Waals surface area contributed by atoms with Gasteiger partial charge in [-0.15, -0.1) is 0 Å². The first kappa shape index (κ1) is 43.9. The first-order valence-corrected chi connectivity index (χ1v) is 21.6. The maximum absolute atomic E-state index is 4.60. The maximum atomic E-state index is 4.60. The Bertz CT molecular complexity index is 2910. The van der Waals surface area contributed by atoms with Crippen LogP contribution in [0.25, 0.3) is 46.2 Å². The molecule has 1 aromatic heterocycles. The molecule has 4 heteroatoms. The van der Waals surface area contributed by atoms with Crippen LogP contribution in [-0.4, -0.2) is 29.9 Å². The van der Waals surface area contributed by atoms with Gasteiger partial charge in [-0.3, -0.25) is 14.9 Å². The van der Waals surface area contributed by atoms with Crippen molar-refractivity contribution in [2.45, 2.75) is 52.4 Å². The highest BCUT2D eigenvalue weighted by Crippen LogP contribution is 2.49. The average molecular weight is 823 g/mol. The SMILES string of the molecule is C=C/C=C(/c1cccc(-c2ccc3c(c2)C(C)(C)c2ccccc2-3)c1)c1c(C)c(=C)/c(=C\C=C/C)n1-c1ccc(C(N=C)N(C)Cc2ccccc2)cc1.C=NCc1ccccc1. The van der Waals surface area contributed by atoms with Crippen LogP contribution >= 0.6 is 0 Å². The molecule has 0 N–H and O–H groups in total. The molecule has 1 aliphatic rings. The van der Waals surface area contributed by atoms with Crippen LogP contribution in [0.1, 0.15) is 71.6 Å². The molecular weight excluding hydrogens is 765 g/mol. The minimum absolute atomic E-state index is 0.0651. The normalized spacial score (nSPS) is 13.6. The van der Waals surface area contributed by atoms with Crippen molar-refractivity contribution < 1.29 is 0 Å². The number of fused-ring (bicyclic) bond motifs is 3. The minimum Gasteiger partial charge on any atom is -0.309 e. The van der Waals surface area contributed by atoms with Crippen LogP contribution in [0.5, 0.6) is 0 Å². The number of aromatic nitrogens is 1. The predicted molar refractivity (Wildman–Crippen MR) is 271 cm³/mol. The van der Waals surface area contributed by atoms with E-state index in [-0.39, 0.29) is 11.6 Å². The average Bonchev–Trinajstić information content (AvgIpc) is 3.69. The summed E-state index contributed by atoms with van der Waals surface area (Å²) in [6, 6.07) is 53.9. The van der Waals surface area contributed by atoms with E-state index < -0.39 is 0 Å². The molecule has 0 bridgehead atoms. The van der Waals surface area contributed by atoms with Gasteiger partial charge in [0.05, 0.1) is 17.6 Å². The molecule has 6 aromatic carbocycles. The van der Waals surface area contributed by atoms with Gasteiger partial charge in [0.15, 0.2) is 0 Å². The minimum atomic E-state index is -0.180. The zero-order valence-electron chi connectivity index (χ0n) is 37.4. The Balaban J connectivity index is 0.000000589. The maximum Gasteiger partial charge on any atom is 0.127 e. The molecule has 1 unspecified atom stereocenters. The first-order valence-electron chi connectivity index (χ1n) is 21.6. The van der Waals surface area contributed by atoms with Gasteiger partial charge in [-0.1, -0.05) is 179 Å². The number of allylic oxidation sites excluding steroid dienone is 4. The van der Waals surface area contributed by atoms with E-state index in [0.717, 1.165) is 57.3 Å². The van der Waals surface area contributed by atoms with Gasteiger partial charge >= 0.3 is 0 Å². The Labute approximate surface area is 374 Å². The third-order valence-electron chi connectivity index (χ3n) is 12.1. The second-order valence-corrected chi connectivity index (χ2v) is 16.6. The Morgan fingerprint density at radius 3 is 2.06 bits per heavy atom. The Morgan fingerprint density at radius 2 is 1.40 bits per heavy atom. The number of aliphatic imine (C=N–C) groups is 2. The lowest BCUT2D eigenvalue weighted by atomic mass is 9.81. The fourth-order valence-electron chi connectivity index (χ4n) is 8.86. The molecule has 7 aromatic rings. The molecule has 0 aliphatic heterocycles. The van der Waals surface area contributed by atoms with Gasteiger partial charge in [0.1, 0.15) is 6.17 Å². The second kappa shape index (κ2) is 19.7. The predicted octanol–water partition coefficient (Wildman–Crippen LogP) is 12.9. The largest absolute Gasteiger partial charge is 0.309 e. The standard InChI is InChI=1S/C51H49N3.C8H9N/c1-9-11-25-48-35(3)36(4)49(54(48)42-29-26-38(27-30-42)50(52-7)53(8)34-37-19-13-12-14-20-37)43(18-10-2)41-22-17-21-39(32-41)40-28-31-45-44-23-15-16-24-46(44)51(5,6)47(45)33-40;1-9-7-8-5-3-2-4-6-8/h9-33,50H,2-3,7,34H2,1,4-6,8H3;2-6H,1,7H2/b11-9-,43-18-,48-25+;. The number of hydrogen-bond donors (Lipinski definition) is 0. The number of hydrogen-bond acceptors (Lipinski definition) is 3. The molecule has 0 saturated carbocycles. The van der Waals surface area contributed by atoms with Gasteiger partial charge in [0.2, 0.25) is 0 Å². The quantitative estimate of drug-likeness (QED) is 0.0842. The van der Waals surface area contributed by atoms with Gasteiger partial charge in [0.25, 0.3) is 0 Å². The van der Waals surface area contributed by atoms with Crippen LogP contribution in [0.2, 0.25) is 0 Å². The van der Waals surface area contributed by atoms with E-state index in [1.54, 1.807) is 0 Å². The second-order valence-electron chi connectivity index (χ2n) is 16.6. The lowest BCUT2D eigenvalue weighted by Crippen LogP contribution is -2.28. The van der Waals surface area contributed by atoms with Gasteiger partial charge < -0.3 is 4.57 Å². The van der Waals surface area contributed by atoms with Crippen molar-refractivity contribution in [2.75, 3.05) is 7.05 Å². The molecule has 1 heterocycles. The van der Waals surface area contributed by atoms with Crippen LogP contribution in [0.4, 0.5) is 0 Å². The third-order valence-corrected chi connectivity index (χ3v) is 12.1. The highest BCUT2D eigenvalue weighted by molar-refractivity contribution is 5.86. The molecule has 314 valence electrons. The van der Waals surface area contributed by atoms with Crippen molar-refractivity contribution in [3.63, 3.8) is 0 Å². The van der Waals surface area contributed by atoms with Crippen LogP contribution in [0.15, 0.2) is 193 Å². The summed E-state index contributed by atoms with van der Waals surface area (Å²) in [5.74, 6) is 0. The van der Waals surface area contributed by atoms with Gasteiger partial charge in [-0.05, 0) is 131 Å². The number of rotatable bonds is 13. The molecule has 8 rings (SSSR count). The molecule has 0 fully saturated rings. The van der Waals surface area contributed by atoms with Gasteiger partial charge in [0, 0.05) is 23.2 Å². The van der Waals surface area contributed by atoms with Crippen molar-refractivity contribution in [1.29, 1.82) is 0 Å². The Kier molecular flexibility index (Phi) is 13.7. The lowest BCUT2D eigenvalue weighted by molar-refractivity contribution is 0.245. The summed E-state index contributed by atoms with van der Waals surface area (Å²) >= 11 is 0. The topological polar surface area (TPSA) is 32.9 Å². The van der Waals surface area contributed by atoms with Crippen molar-refractivity contribution >= 4 is 31.7 Å². The molecule has 63 heavy (non-hydrogen) atoms. The molecule has 4 nitrogen and oxygen atoms in total. The summed E-state index contributed by atoms with van der Waals surface area (Å²) in [5, 5.41) is 2.03. The zero-order valence-corrected chi connectivity index (χ0v) is 37.4. The van der Waals surface area contributed by atoms with Crippen LogP contribution < -0.4 is 10.6 Å². The van der Waals surface area contributed by atoms with E-state index in [1.165, 1.54) is 44.5 Å². The summed E-state index contributed by atoms with van der Waals surface area (Å²) in [4.78, 5) is 10.5. The van der Waals surface area contributed by atoms with Crippen LogP contribution in [0, 0.1) is 6.92 Å². The van der Waals surface area contributed by atoms with E-state index in [2.05, 4.69) is 213 Å². The fourth-order valence-corrected chi connectivity index (χ4v) is 8.86. The van der Waals surface area contributed by atoms with E-state index >= 15 is 0 Å². The van der Waals surface area contributed by atoms with Crippen LogP contribution in [0.3, 0.4) is 0 Å². The Hall–Kier alpha value is -7.14. The number of benzene rings is 6. The smallest absolute Gasteiger partial charge is 0.127 e.